The highest BCUT2D eigenvalue weighted by molar-refractivity contribution is 5.18. The van der Waals surface area contributed by atoms with E-state index in [1.807, 2.05) is 0 Å². The van der Waals surface area contributed by atoms with E-state index in [0.29, 0.717) is 17.9 Å². The molecule has 0 bridgehead atoms. The summed E-state index contributed by atoms with van der Waals surface area (Å²) in [6, 6.07) is 3.64. The SMILES string of the molecule is CC(C)CNCCCCc1cc(F)ccc1F. The Kier molecular flexibility index (Phi) is 6.12. The highest BCUT2D eigenvalue weighted by Crippen LogP contribution is 2.12. The molecule has 0 aromatic heterocycles. The maximum Gasteiger partial charge on any atom is 0.126 e. The fourth-order valence-corrected chi connectivity index (χ4v) is 1.69. The van der Waals surface area contributed by atoms with Gasteiger partial charge in [-0.2, -0.15) is 0 Å². The molecule has 0 heterocycles. The second-order valence-corrected chi connectivity index (χ2v) is 4.79. The zero-order valence-corrected chi connectivity index (χ0v) is 10.6. The lowest BCUT2D eigenvalue weighted by Gasteiger charge is -2.07. The summed E-state index contributed by atoms with van der Waals surface area (Å²) in [5.74, 6) is -0.0171. The molecular weight excluding hydrogens is 220 g/mol. The van der Waals surface area contributed by atoms with E-state index in [1.54, 1.807) is 0 Å². The fourth-order valence-electron chi connectivity index (χ4n) is 1.69. The predicted octanol–water partition coefficient (Wildman–Crippen LogP) is 3.53. The normalized spacial score (nSPS) is 11.1. The Balaban J connectivity index is 2.20. The second-order valence-electron chi connectivity index (χ2n) is 4.79. The van der Waals surface area contributed by atoms with Crippen LogP contribution in [0.25, 0.3) is 0 Å². The third kappa shape index (κ3) is 5.78. The summed E-state index contributed by atoms with van der Waals surface area (Å²) in [4.78, 5) is 0. The molecule has 17 heavy (non-hydrogen) atoms. The average Bonchev–Trinajstić information content (AvgIpc) is 2.27. The molecule has 1 aromatic rings. The molecule has 0 saturated carbocycles. The minimum atomic E-state index is -0.362. The van der Waals surface area contributed by atoms with Gasteiger partial charge in [-0.05, 0) is 62.0 Å². The first-order valence-corrected chi connectivity index (χ1v) is 6.24. The fraction of sp³-hybridized carbons (Fsp3) is 0.571. The van der Waals surface area contributed by atoms with Crippen LogP contribution < -0.4 is 5.32 Å². The number of hydrogen-bond donors (Lipinski definition) is 1. The first kappa shape index (κ1) is 14.1. The van der Waals surface area contributed by atoms with Gasteiger partial charge in [-0.3, -0.25) is 0 Å². The van der Waals surface area contributed by atoms with Gasteiger partial charge in [0, 0.05) is 0 Å². The zero-order valence-electron chi connectivity index (χ0n) is 10.6. The lowest BCUT2D eigenvalue weighted by molar-refractivity contribution is 0.531. The third-order valence-corrected chi connectivity index (χ3v) is 2.61. The Hall–Kier alpha value is -0.960. The van der Waals surface area contributed by atoms with Crippen molar-refractivity contribution in [2.45, 2.75) is 33.1 Å². The van der Waals surface area contributed by atoms with Crippen molar-refractivity contribution in [3.8, 4) is 0 Å². The Morgan fingerprint density at radius 1 is 1.18 bits per heavy atom. The van der Waals surface area contributed by atoms with E-state index < -0.39 is 0 Å². The van der Waals surface area contributed by atoms with Crippen molar-refractivity contribution in [1.29, 1.82) is 0 Å². The minimum absolute atomic E-state index is 0.304. The van der Waals surface area contributed by atoms with Gasteiger partial charge in [0.2, 0.25) is 0 Å². The zero-order chi connectivity index (χ0) is 12.7. The van der Waals surface area contributed by atoms with Gasteiger partial charge in [0.15, 0.2) is 0 Å². The van der Waals surface area contributed by atoms with Crippen LogP contribution in [0, 0.1) is 17.6 Å². The molecule has 0 aliphatic heterocycles. The summed E-state index contributed by atoms with van der Waals surface area (Å²) in [6.07, 6.45) is 2.47. The third-order valence-electron chi connectivity index (χ3n) is 2.61. The van der Waals surface area contributed by atoms with Crippen LogP contribution in [0.15, 0.2) is 18.2 Å². The van der Waals surface area contributed by atoms with Crippen LogP contribution in [0.5, 0.6) is 0 Å². The Labute approximate surface area is 102 Å². The molecular formula is C14H21F2N. The molecule has 0 aliphatic rings. The summed E-state index contributed by atoms with van der Waals surface area (Å²) < 4.78 is 26.2. The molecule has 0 atom stereocenters. The van der Waals surface area contributed by atoms with Gasteiger partial charge in [0.1, 0.15) is 11.6 Å². The number of hydrogen-bond acceptors (Lipinski definition) is 1. The summed E-state index contributed by atoms with van der Waals surface area (Å²) >= 11 is 0. The molecule has 0 unspecified atom stereocenters. The molecule has 0 saturated heterocycles. The highest BCUT2D eigenvalue weighted by Gasteiger charge is 2.03. The van der Waals surface area contributed by atoms with Gasteiger partial charge >= 0.3 is 0 Å². The molecule has 0 radical (unpaired) electrons. The maximum atomic E-state index is 13.3. The van der Waals surface area contributed by atoms with E-state index in [2.05, 4.69) is 19.2 Å². The van der Waals surface area contributed by atoms with Crippen LogP contribution in [0.4, 0.5) is 8.78 Å². The molecule has 96 valence electrons. The molecule has 0 aliphatic carbocycles. The molecule has 1 rings (SSSR count). The van der Waals surface area contributed by atoms with E-state index in [-0.39, 0.29) is 11.6 Å². The Morgan fingerprint density at radius 2 is 1.94 bits per heavy atom. The van der Waals surface area contributed by atoms with Crippen molar-refractivity contribution in [3.63, 3.8) is 0 Å². The lowest BCUT2D eigenvalue weighted by atomic mass is 10.1. The molecule has 1 N–H and O–H groups in total. The van der Waals surface area contributed by atoms with E-state index in [9.17, 15) is 8.78 Å². The maximum absolute atomic E-state index is 13.3. The topological polar surface area (TPSA) is 12.0 Å². The molecule has 1 aromatic carbocycles. The number of nitrogens with one attached hydrogen (secondary N) is 1. The smallest absolute Gasteiger partial charge is 0.126 e. The van der Waals surface area contributed by atoms with E-state index in [0.717, 1.165) is 32.0 Å². The van der Waals surface area contributed by atoms with Gasteiger partial charge in [0.25, 0.3) is 0 Å². The van der Waals surface area contributed by atoms with Crippen molar-refractivity contribution < 1.29 is 8.78 Å². The molecule has 0 amide bonds. The quantitative estimate of drug-likeness (QED) is 0.720. The van der Waals surface area contributed by atoms with Gasteiger partial charge in [-0.15, -0.1) is 0 Å². The predicted molar refractivity (Wildman–Crippen MR) is 67.0 cm³/mol. The number of aryl methyl sites for hydroxylation is 1. The van der Waals surface area contributed by atoms with Crippen molar-refractivity contribution in [2.24, 2.45) is 5.92 Å². The van der Waals surface area contributed by atoms with Gasteiger partial charge in [0.05, 0.1) is 0 Å². The summed E-state index contributed by atoms with van der Waals surface area (Å²) in [5, 5.41) is 3.33. The van der Waals surface area contributed by atoms with Crippen molar-refractivity contribution in [1.82, 2.24) is 5.32 Å². The van der Waals surface area contributed by atoms with Crippen LogP contribution in [0.1, 0.15) is 32.3 Å². The second kappa shape index (κ2) is 7.38. The number of benzene rings is 1. The molecule has 3 heteroatoms. The molecule has 1 nitrogen and oxygen atoms in total. The highest BCUT2D eigenvalue weighted by atomic mass is 19.1. The number of rotatable bonds is 7. The monoisotopic (exact) mass is 241 g/mol. The molecule has 0 fully saturated rings. The lowest BCUT2D eigenvalue weighted by Crippen LogP contribution is -2.20. The van der Waals surface area contributed by atoms with Crippen LogP contribution in [0.2, 0.25) is 0 Å². The number of unbranched alkanes of at least 4 members (excludes halogenated alkanes) is 1. The van der Waals surface area contributed by atoms with Gasteiger partial charge in [-0.25, -0.2) is 8.78 Å². The standard InChI is InChI=1S/C14H21F2N/c1-11(2)10-17-8-4-3-5-12-9-13(15)6-7-14(12)16/h6-7,9,11,17H,3-5,8,10H2,1-2H3. The van der Waals surface area contributed by atoms with E-state index in [1.165, 1.54) is 12.1 Å². The number of halogens is 2. The van der Waals surface area contributed by atoms with Gasteiger partial charge < -0.3 is 5.32 Å². The van der Waals surface area contributed by atoms with E-state index in [4.69, 9.17) is 0 Å². The minimum Gasteiger partial charge on any atom is -0.316 e. The largest absolute Gasteiger partial charge is 0.316 e. The first-order chi connectivity index (χ1) is 8.09. The first-order valence-electron chi connectivity index (χ1n) is 6.24. The van der Waals surface area contributed by atoms with Gasteiger partial charge in [-0.1, -0.05) is 13.8 Å². The summed E-state index contributed by atoms with van der Waals surface area (Å²) in [7, 11) is 0. The van der Waals surface area contributed by atoms with Crippen molar-refractivity contribution in [3.05, 3.63) is 35.4 Å². The van der Waals surface area contributed by atoms with Crippen LogP contribution >= 0.6 is 0 Å². The Bertz CT molecular complexity index is 337. The molecule has 0 spiro atoms. The van der Waals surface area contributed by atoms with Crippen LogP contribution in [-0.4, -0.2) is 13.1 Å². The van der Waals surface area contributed by atoms with Crippen molar-refractivity contribution >= 4 is 0 Å². The van der Waals surface area contributed by atoms with E-state index >= 15 is 0 Å². The summed E-state index contributed by atoms with van der Waals surface area (Å²) in [6.45, 7) is 6.27. The Morgan fingerprint density at radius 3 is 2.65 bits per heavy atom. The average molecular weight is 241 g/mol. The van der Waals surface area contributed by atoms with Crippen molar-refractivity contribution in [2.75, 3.05) is 13.1 Å². The van der Waals surface area contributed by atoms with Crippen LogP contribution in [-0.2, 0) is 6.42 Å². The summed E-state index contributed by atoms with van der Waals surface area (Å²) in [5.41, 5.74) is 0.480. The van der Waals surface area contributed by atoms with Crippen LogP contribution in [0.3, 0.4) is 0 Å².